The highest BCUT2D eigenvalue weighted by atomic mass is 16.2. The van der Waals surface area contributed by atoms with E-state index in [4.69, 9.17) is 11.5 Å². The number of nitrogens with two attached hydrogens (primary N) is 2. The Labute approximate surface area is 113 Å². The van der Waals surface area contributed by atoms with Crippen molar-refractivity contribution in [2.24, 2.45) is 0 Å². The fourth-order valence-electron chi connectivity index (χ4n) is 2.32. The SMILES string of the molecule is Cc1cc(-c2ccc(N)c(C)c2CCO)ccc1N. The zero-order chi connectivity index (χ0) is 14.0. The number of rotatable bonds is 3. The fraction of sp³-hybridized carbons (Fsp3) is 0.250. The highest BCUT2D eigenvalue weighted by Crippen LogP contribution is 2.31. The van der Waals surface area contributed by atoms with Crippen molar-refractivity contribution in [1.82, 2.24) is 0 Å². The van der Waals surface area contributed by atoms with Crippen molar-refractivity contribution in [3.63, 3.8) is 0 Å². The van der Waals surface area contributed by atoms with Crippen LogP contribution in [0.15, 0.2) is 30.3 Å². The van der Waals surface area contributed by atoms with Crippen LogP contribution >= 0.6 is 0 Å². The second-order valence-corrected chi connectivity index (χ2v) is 4.85. The molecule has 0 heterocycles. The number of hydrogen-bond donors (Lipinski definition) is 3. The molecule has 0 fully saturated rings. The predicted molar refractivity (Wildman–Crippen MR) is 81.0 cm³/mol. The Balaban J connectivity index is 2.60. The van der Waals surface area contributed by atoms with Gasteiger partial charge in [0.25, 0.3) is 0 Å². The topological polar surface area (TPSA) is 72.3 Å². The lowest BCUT2D eigenvalue weighted by Crippen LogP contribution is -2.02. The molecule has 0 spiro atoms. The molecular formula is C16H20N2O. The van der Waals surface area contributed by atoms with Crippen LogP contribution in [0.4, 0.5) is 11.4 Å². The molecule has 0 radical (unpaired) electrons. The van der Waals surface area contributed by atoms with Gasteiger partial charge in [-0.25, -0.2) is 0 Å². The monoisotopic (exact) mass is 256 g/mol. The van der Waals surface area contributed by atoms with Crippen LogP contribution in [0.2, 0.25) is 0 Å². The average Bonchev–Trinajstić information content (AvgIpc) is 2.39. The van der Waals surface area contributed by atoms with Crippen LogP contribution in [0.25, 0.3) is 11.1 Å². The number of hydrogen-bond acceptors (Lipinski definition) is 3. The van der Waals surface area contributed by atoms with E-state index >= 15 is 0 Å². The van der Waals surface area contributed by atoms with Gasteiger partial charge >= 0.3 is 0 Å². The molecule has 19 heavy (non-hydrogen) atoms. The zero-order valence-electron chi connectivity index (χ0n) is 11.4. The number of aryl methyl sites for hydroxylation is 1. The van der Waals surface area contributed by atoms with Gasteiger partial charge in [0, 0.05) is 18.0 Å². The van der Waals surface area contributed by atoms with Crippen molar-refractivity contribution in [2.45, 2.75) is 20.3 Å². The molecule has 0 aromatic heterocycles. The van der Waals surface area contributed by atoms with Crippen LogP contribution < -0.4 is 11.5 Å². The van der Waals surface area contributed by atoms with Crippen LogP contribution in [0.3, 0.4) is 0 Å². The molecule has 0 aliphatic heterocycles. The molecule has 0 atom stereocenters. The first kappa shape index (κ1) is 13.4. The lowest BCUT2D eigenvalue weighted by Gasteiger charge is -2.15. The molecule has 0 unspecified atom stereocenters. The third kappa shape index (κ3) is 2.56. The molecule has 0 amide bonds. The van der Waals surface area contributed by atoms with Crippen LogP contribution in [0.1, 0.15) is 16.7 Å². The standard InChI is InChI=1S/C16H20N2O/c1-10-9-12(3-5-15(10)17)14-4-6-16(18)11(2)13(14)7-8-19/h3-6,9,19H,7-8,17-18H2,1-2H3. The first-order valence-corrected chi connectivity index (χ1v) is 6.40. The van der Waals surface area contributed by atoms with Gasteiger partial charge in [0.15, 0.2) is 0 Å². The summed E-state index contributed by atoms with van der Waals surface area (Å²) in [5, 5.41) is 9.24. The summed E-state index contributed by atoms with van der Waals surface area (Å²) in [6.07, 6.45) is 0.607. The summed E-state index contributed by atoms with van der Waals surface area (Å²) in [4.78, 5) is 0. The summed E-state index contributed by atoms with van der Waals surface area (Å²) in [5.41, 5.74) is 18.8. The maximum absolute atomic E-state index is 9.24. The van der Waals surface area contributed by atoms with Crippen molar-refractivity contribution in [2.75, 3.05) is 18.1 Å². The van der Waals surface area contributed by atoms with Gasteiger partial charge in [-0.2, -0.15) is 0 Å². The van der Waals surface area contributed by atoms with Gasteiger partial charge in [0.05, 0.1) is 0 Å². The summed E-state index contributed by atoms with van der Waals surface area (Å²) < 4.78 is 0. The molecule has 0 saturated heterocycles. The molecule has 0 aliphatic rings. The molecular weight excluding hydrogens is 236 g/mol. The Hall–Kier alpha value is -2.00. The van der Waals surface area contributed by atoms with E-state index < -0.39 is 0 Å². The summed E-state index contributed by atoms with van der Waals surface area (Å²) in [6, 6.07) is 9.92. The van der Waals surface area contributed by atoms with Crippen molar-refractivity contribution >= 4 is 11.4 Å². The van der Waals surface area contributed by atoms with Crippen LogP contribution in [-0.4, -0.2) is 11.7 Å². The molecule has 0 saturated carbocycles. The van der Waals surface area contributed by atoms with E-state index in [0.717, 1.165) is 39.2 Å². The summed E-state index contributed by atoms with van der Waals surface area (Å²) >= 11 is 0. The van der Waals surface area contributed by atoms with Crippen molar-refractivity contribution in [1.29, 1.82) is 0 Å². The quantitative estimate of drug-likeness (QED) is 0.739. The van der Waals surface area contributed by atoms with Crippen molar-refractivity contribution in [3.8, 4) is 11.1 Å². The summed E-state index contributed by atoms with van der Waals surface area (Å²) in [7, 11) is 0. The smallest absolute Gasteiger partial charge is 0.0471 e. The lowest BCUT2D eigenvalue weighted by atomic mass is 9.92. The molecule has 0 aliphatic carbocycles. The Morgan fingerprint density at radius 2 is 1.68 bits per heavy atom. The van der Waals surface area contributed by atoms with Gasteiger partial charge < -0.3 is 16.6 Å². The first-order chi connectivity index (χ1) is 9.04. The molecule has 100 valence electrons. The normalized spacial score (nSPS) is 10.7. The molecule has 5 N–H and O–H groups in total. The predicted octanol–water partition coefficient (Wildman–Crippen LogP) is 2.67. The summed E-state index contributed by atoms with van der Waals surface area (Å²) in [5.74, 6) is 0. The van der Waals surface area contributed by atoms with E-state index in [0.29, 0.717) is 6.42 Å². The van der Waals surface area contributed by atoms with E-state index in [-0.39, 0.29) is 6.61 Å². The Morgan fingerprint density at radius 3 is 2.32 bits per heavy atom. The minimum atomic E-state index is 0.116. The lowest BCUT2D eigenvalue weighted by molar-refractivity contribution is 0.299. The minimum Gasteiger partial charge on any atom is -0.399 e. The third-order valence-corrected chi connectivity index (χ3v) is 3.58. The molecule has 3 heteroatoms. The Kier molecular flexibility index (Phi) is 3.76. The molecule has 2 rings (SSSR count). The van der Waals surface area contributed by atoms with Crippen LogP contribution in [0, 0.1) is 13.8 Å². The Bertz CT molecular complexity index is 606. The highest BCUT2D eigenvalue weighted by molar-refractivity contribution is 5.74. The average molecular weight is 256 g/mol. The largest absolute Gasteiger partial charge is 0.399 e. The molecule has 0 bridgehead atoms. The van der Waals surface area contributed by atoms with E-state index in [1.54, 1.807) is 0 Å². The zero-order valence-corrected chi connectivity index (χ0v) is 11.4. The minimum absolute atomic E-state index is 0.116. The number of aliphatic hydroxyl groups is 1. The number of benzene rings is 2. The van der Waals surface area contributed by atoms with Crippen LogP contribution in [0.5, 0.6) is 0 Å². The van der Waals surface area contributed by atoms with Gasteiger partial charge in [-0.1, -0.05) is 12.1 Å². The van der Waals surface area contributed by atoms with Gasteiger partial charge in [0.1, 0.15) is 0 Å². The molecule has 3 nitrogen and oxygen atoms in total. The van der Waals surface area contributed by atoms with Crippen molar-refractivity contribution in [3.05, 3.63) is 47.0 Å². The first-order valence-electron chi connectivity index (χ1n) is 6.40. The second-order valence-electron chi connectivity index (χ2n) is 4.85. The van der Waals surface area contributed by atoms with Gasteiger partial charge in [-0.05, 0) is 66.3 Å². The van der Waals surface area contributed by atoms with Crippen LogP contribution in [-0.2, 0) is 6.42 Å². The van der Waals surface area contributed by atoms with E-state index in [9.17, 15) is 5.11 Å². The maximum atomic E-state index is 9.24. The number of anilines is 2. The summed E-state index contributed by atoms with van der Waals surface area (Å²) in [6.45, 7) is 4.11. The second kappa shape index (κ2) is 5.33. The highest BCUT2D eigenvalue weighted by Gasteiger charge is 2.10. The van der Waals surface area contributed by atoms with E-state index in [2.05, 4.69) is 6.07 Å². The van der Waals surface area contributed by atoms with Crippen molar-refractivity contribution < 1.29 is 5.11 Å². The molecule has 2 aromatic rings. The molecule has 2 aromatic carbocycles. The third-order valence-electron chi connectivity index (χ3n) is 3.58. The maximum Gasteiger partial charge on any atom is 0.0471 e. The number of aliphatic hydroxyl groups excluding tert-OH is 1. The fourth-order valence-corrected chi connectivity index (χ4v) is 2.32. The Morgan fingerprint density at radius 1 is 1.00 bits per heavy atom. The van der Waals surface area contributed by atoms with E-state index in [1.807, 2.05) is 38.1 Å². The number of nitrogen functional groups attached to an aromatic ring is 2. The van der Waals surface area contributed by atoms with Gasteiger partial charge in [-0.15, -0.1) is 0 Å². The van der Waals surface area contributed by atoms with Gasteiger partial charge in [-0.3, -0.25) is 0 Å². The van der Waals surface area contributed by atoms with E-state index in [1.165, 1.54) is 0 Å². The van der Waals surface area contributed by atoms with Gasteiger partial charge in [0.2, 0.25) is 0 Å².